The van der Waals surface area contributed by atoms with Gasteiger partial charge in [0.05, 0.1) is 6.10 Å². The lowest BCUT2D eigenvalue weighted by Gasteiger charge is -2.39. The summed E-state index contributed by atoms with van der Waals surface area (Å²) >= 11 is 0. The second-order valence-corrected chi connectivity index (χ2v) is 8.06. The van der Waals surface area contributed by atoms with Crippen LogP contribution in [0.1, 0.15) is 97.3 Å². The first-order chi connectivity index (χ1) is 10.8. The summed E-state index contributed by atoms with van der Waals surface area (Å²) in [4.78, 5) is 5.04. The Morgan fingerprint density at radius 3 is 1.68 bits per heavy atom. The molecule has 0 aromatic rings. The fourth-order valence-corrected chi connectivity index (χ4v) is 5.07. The highest BCUT2D eigenvalue weighted by Crippen LogP contribution is 2.41. The molecule has 2 aliphatic carbocycles. The van der Waals surface area contributed by atoms with Crippen LogP contribution in [0.25, 0.3) is 0 Å². The molecule has 0 amide bonds. The van der Waals surface area contributed by atoms with Crippen LogP contribution in [0.2, 0.25) is 0 Å². The van der Waals surface area contributed by atoms with E-state index in [1.54, 1.807) is 0 Å². The average molecular weight is 311 g/mol. The Bertz CT molecular complexity index is 275. The third-order valence-corrected chi connectivity index (χ3v) is 6.50. The van der Waals surface area contributed by atoms with Gasteiger partial charge in [-0.15, -0.1) is 0 Å². The van der Waals surface area contributed by atoms with Crippen LogP contribution in [0.4, 0.5) is 0 Å². The van der Waals surface area contributed by atoms with E-state index in [9.17, 15) is 5.26 Å². The third-order valence-electron chi connectivity index (χ3n) is 6.50. The minimum Gasteiger partial charge on any atom is -0.252 e. The van der Waals surface area contributed by atoms with Crippen molar-refractivity contribution in [3.8, 4) is 0 Å². The summed E-state index contributed by atoms with van der Waals surface area (Å²) in [5, 5.41) is 9.51. The first kappa shape index (κ1) is 18.3. The average Bonchev–Trinajstić information content (AvgIpc) is 2.56. The zero-order valence-electron chi connectivity index (χ0n) is 14.9. The molecule has 2 aliphatic rings. The van der Waals surface area contributed by atoms with E-state index in [1.165, 1.54) is 83.5 Å². The first-order valence-electron chi connectivity index (χ1n) is 10.1. The summed E-state index contributed by atoms with van der Waals surface area (Å²) < 4.78 is 0. The normalized spacial score (nSPS) is 34.5. The maximum Gasteiger partial charge on any atom is 0.0983 e. The largest absolute Gasteiger partial charge is 0.252 e. The molecule has 0 radical (unpaired) electrons. The van der Waals surface area contributed by atoms with Gasteiger partial charge in [0.1, 0.15) is 0 Å². The highest BCUT2D eigenvalue weighted by atomic mass is 17.1. The van der Waals surface area contributed by atoms with Crippen LogP contribution in [0.3, 0.4) is 0 Å². The van der Waals surface area contributed by atoms with Crippen LogP contribution in [0, 0.1) is 23.7 Å². The van der Waals surface area contributed by atoms with Crippen LogP contribution in [-0.2, 0) is 4.89 Å². The van der Waals surface area contributed by atoms with E-state index < -0.39 is 0 Å². The maximum absolute atomic E-state index is 9.51. The molecule has 0 saturated heterocycles. The summed E-state index contributed by atoms with van der Waals surface area (Å²) in [5.41, 5.74) is 0. The molecule has 2 nitrogen and oxygen atoms in total. The number of hydrogen-bond acceptors (Lipinski definition) is 2. The van der Waals surface area contributed by atoms with Crippen molar-refractivity contribution in [2.45, 2.75) is 103 Å². The van der Waals surface area contributed by atoms with E-state index in [0.717, 1.165) is 11.8 Å². The van der Waals surface area contributed by atoms with Crippen molar-refractivity contribution < 1.29 is 10.1 Å². The Morgan fingerprint density at radius 1 is 0.773 bits per heavy atom. The van der Waals surface area contributed by atoms with Gasteiger partial charge < -0.3 is 0 Å². The second kappa shape index (κ2) is 9.93. The minimum atomic E-state index is 0.120. The third kappa shape index (κ3) is 5.23. The molecule has 0 heterocycles. The monoisotopic (exact) mass is 310 g/mol. The quantitative estimate of drug-likeness (QED) is 0.412. The Balaban J connectivity index is 1.75. The first-order valence-corrected chi connectivity index (χ1v) is 10.1. The fourth-order valence-electron chi connectivity index (χ4n) is 5.07. The molecule has 1 atom stereocenters. The molecule has 2 heteroatoms. The molecule has 1 unspecified atom stereocenters. The van der Waals surface area contributed by atoms with E-state index in [4.69, 9.17) is 4.89 Å². The Kier molecular flexibility index (Phi) is 8.24. The van der Waals surface area contributed by atoms with Gasteiger partial charge >= 0.3 is 0 Å². The predicted molar refractivity (Wildman–Crippen MR) is 92.8 cm³/mol. The molecule has 0 spiro atoms. The van der Waals surface area contributed by atoms with Crippen molar-refractivity contribution in [1.29, 1.82) is 0 Å². The molecule has 0 bridgehead atoms. The zero-order valence-corrected chi connectivity index (χ0v) is 14.9. The van der Waals surface area contributed by atoms with Crippen molar-refractivity contribution >= 4 is 0 Å². The van der Waals surface area contributed by atoms with Gasteiger partial charge in [0.2, 0.25) is 0 Å². The molecule has 2 rings (SSSR count). The summed E-state index contributed by atoms with van der Waals surface area (Å²) in [6, 6.07) is 0. The molecule has 0 aromatic carbocycles. The van der Waals surface area contributed by atoms with Crippen molar-refractivity contribution in [3.05, 3.63) is 0 Å². The summed E-state index contributed by atoms with van der Waals surface area (Å²) in [6.45, 7) is 4.58. The van der Waals surface area contributed by atoms with E-state index in [0.29, 0.717) is 11.8 Å². The van der Waals surface area contributed by atoms with Crippen molar-refractivity contribution in [2.75, 3.05) is 0 Å². The lowest BCUT2D eigenvalue weighted by atomic mass is 9.70. The minimum absolute atomic E-state index is 0.120. The smallest absolute Gasteiger partial charge is 0.0983 e. The van der Waals surface area contributed by atoms with E-state index in [1.807, 2.05) is 0 Å². The summed E-state index contributed by atoms with van der Waals surface area (Å²) in [5.74, 6) is 3.09. The number of hydrogen-bond donors (Lipinski definition) is 1. The van der Waals surface area contributed by atoms with Gasteiger partial charge in [-0.3, -0.25) is 5.26 Å². The van der Waals surface area contributed by atoms with Gasteiger partial charge in [0.25, 0.3) is 0 Å². The highest BCUT2D eigenvalue weighted by molar-refractivity contribution is 4.85. The maximum atomic E-state index is 9.51. The Morgan fingerprint density at radius 2 is 1.27 bits per heavy atom. The van der Waals surface area contributed by atoms with Crippen molar-refractivity contribution in [1.82, 2.24) is 0 Å². The molecule has 1 N–H and O–H groups in total. The van der Waals surface area contributed by atoms with E-state index >= 15 is 0 Å². The van der Waals surface area contributed by atoms with Crippen molar-refractivity contribution in [3.63, 3.8) is 0 Å². The molecule has 0 aliphatic heterocycles. The topological polar surface area (TPSA) is 29.5 Å². The summed E-state index contributed by atoms with van der Waals surface area (Å²) in [7, 11) is 0. The molecular weight excluding hydrogens is 272 g/mol. The highest BCUT2D eigenvalue weighted by Gasteiger charge is 2.35. The number of rotatable bonds is 8. The molecule has 22 heavy (non-hydrogen) atoms. The summed E-state index contributed by atoms with van der Waals surface area (Å²) in [6.07, 6.45) is 17.4. The Hall–Kier alpha value is -0.0800. The SMILES string of the molecule is CCCCC1CCC(C(OO)C2CCC(CCC)CC2)CC1. The van der Waals surface area contributed by atoms with Gasteiger partial charge in [0.15, 0.2) is 0 Å². The standard InChI is InChI=1S/C20H38O2/c1-3-5-7-17-10-14-19(15-11-17)20(22-21)18-12-8-16(6-4-2)9-13-18/h16-21H,3-15H2,1-2H3. The van der Waals surface area contributed by atoms with Crippen LogP contribution >= 0.6 is 0 Å². The van der Waals surface area contributed by atoms with Gasteiger partial charge in [-0.2, -0.15) is 0 Å². The van der Waals surface area contributed by atoms with Crippen molar-refractivity contribution in [2.24, 2.45) is 23.7 Å². The van der Waals surface area contributed by atoms with E-state index in [-0.39, 0.29) is 6.10 Å². The van der Waals surface area contributed by atoms with Gasteiger partial charge in [0, 0.05) is 0 Å². The predicted octanol–water partition coefficient (Wildman–Crippen LogP) is 6.45. The molecule has 130 valence electrons. The molecule has 2 fully saturated rings. The fraction of sp³-hybridized carbons (Fsp3) is 1.00. The second-order valence-electron chi connectivity index (χ2n) is 8.06. The van der Waals surface area contributed by atoms with Gasteiger partial charge in [-0.25, -0.2) is 4.89 Å². The molecular formula is C20H38O2. The van der Waals surface area contributed by atoms with Gasteiger partial charge in [-0.05, 0) is 49.4 Å². The Labute approximate surface area is 137 Å². The number of unbranched alkanes of at least 4 members (excludes halogenated alkanes) is 1. The van der Waals surface area contributed by atoms with Gasteiger partial charge in [-0.1, -0.05) is 71.6 Å². The van der Waals surface area contributed by atoms with Crippen LogP contribution in [0.5, 0.6) is 0 Å². The molecule has 2 saturated carbocycles. The molecule has 0 aromatic heterocycles. The lowest BCUT2D eigenvalue weighted by Crippen LogP contribution is -2.36. The van der Waals surface area contributed by atoms with Crippen LogP contribution < -0.4 is 0 Å². The van der Waals surface area contributed by atoms with E-state index in [2.05, 4.69) is 13.8 Å². The van der Waals surface area contributed by atoms with Crippen LogP contribution in [-0.4, -0.2) is 11.4 Å². The lowest BCUT2D eigenvalue weighted by molar-refractivity contribution is -0.307. The zero-order chi connectivity index (χ0) is 15.8. The van der Waals surface area contributed by atoms with Crippen LogP contribution in [0.15, 0.2) is 0 Å².